The van der Waals surface area contributed by atoms with E-state index in [-0.39, 0.29) is 5.56 Å². The number of aromatic nitrogens is 3. The van der Waals surface area contributed by atoms with Gasteiger partial charge >= 0.3 is 0 Å². The highest BCUT2D eigenvalue weighted by Crippen LogP contribution is 2.28. The van der Waals surface area contributed by atoms with Crippen molar-refractivity contribution in [3.8, 4) is 5.95 Å². The second kappa shape index (κ2) is 7.23. The lowest BCUT2D eigenvalue weighted by molar-refractivity contribution is 0.100. The van der Waals surface area contributed by atoms with Crippen molar-refractivity contribution in [2.45, 2.75) is 13.5 Å². The Morgan fingerprint density at radius 1 is 1.21 bits per heavy atom. The number of halogens is 1. The van der Waals surface area contributed by atoms with Crippen LogP contribution in [0.25, 0.3) is 16.9 Å². The van der Waals surface area contributed by atoms with Gasteiger partial charge in [0.05, 0.1) is 23.0 Å². The summed E-state index contributed by atoms with van der Waals surface area (Å²) in [4.78, 5) is 20.6. The van der Waals surface area contributed by atoms with Gasteiger partial charge in [0.15, 0.2) is 5.82 Å². The van der Waals surface area contributed by atoms with Gasteiger partial charge in [0, 0.05) is 17.6 Å². The maximum Gasteiger partial charge on any atom is 0.249 e. The molecule has 0 aliphatic heterocycles. The number of fused-ring (bicyclic) bond motifs is 1. The predicted molar refractivity (Wildman–Crippen MR) is 110 cm³/mol. The maximum absolute atomic E-state index is 14.1. The Hall–Kier alpha value is -3.94. The Balaban J connectivity index is 1.78. The number of nitrogen functional groups attached to an aromatic ring is 1. The van der Waals surface area contributed by atoms with Crippen LogP contribution < -0.4 is 16.8 Å². The highest BCUT2D eigenvalue weighted by atomic mass is 19.1. The Labute approximate surface area is 166 Å². The molecule has 146 valence electrons. The number of aryl methyl sites for hydroxylation is 1. The number of carbonyl (C=O) groups excluding carboxylic acids is 1. The van der Waals surface area contributed by atoms with E-state index in [2.05, 4.69) is 15.3 Å². The van der Waals surface area contributed by atoms with Crippen molar-refractivity contribution >= 4 is 28.3 Å². The molecule has 4 rings (SSSR count). The summed E-state index contributed by atoms with van der Waals surface area (Å²) in [5, 5.41) is 3.74. The van der Waals surface area contributed by atoms with E-state index < -0.39 is 11.7 Å². The molecule has 5 N–H and O–H groups in total. The number of benzene rings is 2. The molecule has 0 unspecified atom stereocenters. The quantitative estimate of drug-likeness (QED) is 0.485. The van der Waals surface area contributed by atoms with E-state index in [1.165, 1.54) is 12.3 Å². The number of anilines is 2. The van der Waals surface area contributed by atoms with E-state index in [4.69, 9.17) is 11.5 Å². The zero-order chi connectivity index (χ0) is 20.5. The van der Waals surface area contributed by atoms with E-state index >= 15 is 0 Å². The summed E-state index contributed by atoms with van der Waals surface area (Å²) in [6.07, 6.45) is 1.50. The topological polar surface area (TPSA) is 112 Å². The van der Waals surface area contributed by atoms with E-state index in [0.29, 0.717) is 34.9 Å². The zero-order valence-corrected chi connectivity index (χ0v) is 15.7. The number of rotatable bonds is 5. The Morgan fingerprint density at radius 3 is 2.69 bits per heavy atom. The normalized spacial score (nSPS) is 11.0. The van der Waals surface area contributed by atoms with Gasteiger partial charge in [0.25, 0.3) is 0 Å². The third-order valence-corrected chi connectivity index (χ3v) is 4.64. The average Bonchev–Trinajstić information content (AvgIpc) is 3.03. The van der Waals surface area contributed by atoms with Crippen molar-refractivity contribution in [3.05, 3.63) is 77.4 Å². The first-order chi connectivity index (χ1) is 13.9. The number of carbonyl (C=O) groups is 1. The third kappa shape index (κ3) is 3.47. The fraction of sp³-hybridized carbons (Fsp3) is 0.0952. The molecule has 1 amide bonds. The largest absolute Gasteiger partial charge is 0.394 e. The van der Waals surface area contributed by atoms with Crippen LogP contribution in [0.3, 0.4) is 0 Å². The molecule has 0 spiro atoms. The van der Waals surface area contributed by atoms with Gasteiger partial charge in [-0.15, -0.1) is 0 Å². The van der Waals surface area contributed by atoms with Gasteiger partial charge in [-0.3, -0.25) is 9.36 Å². The number of hydrogen-bond acceptors (Lipinski definition) is 5. The van der Waals surface area contributed by atoms with Crippen LogP contribution >= 0.6 is 0 Å². The Morgan fingerprint density at radius 2 is 1.97 bits per heavy atom. The van der Waals surface area contributed by atoms with Gasteiger partial charge in [-0.25, -0.2) is 9.37 Å². The highest BCUT2D eigenvalue weighted by molar-refractivity contribution is 6.06. The fourth-order valence-electron chi connectivity index (χ4n) is 3.29. The van der Waals surface area contributed by atoms with Crippen LogP contribution in [0.15, 0.2) is 54.7 Å². The smallest absolute Gasteiger partial charge is 0.249 e. The Bertz CT molecular complexity index is 1220. The number of hydrogen-bond donors (Lipinski definition) is 3. The predicted octanol–water partition coefficient (Wildman–Crippen LogP) is 3.16. The number of amides is 1. The lowest BCUT2D eigenvalue weighted by atomic mass is 10.1. The highest BCUT2D eigenvalue weighted by Gasteiger charge is 2.17. The molecule has 8 heteroatoms. The molecule has 0 aliphatic rings. The zero-order valence-electron chi connectivity index (χ0n) is 15.7. The van der Waals surface area contributed by atoms with Crippen LogP contribution in [-0.4, -0.2) is 20.4 Å². The Kier molecular flexibility index (Phi) is 4.59. The SMILES string of the molecule is Cc1cc2c(C(N)=O)cc(F)cc2n1-c1ncc(N)c(NCc2ccccc2)n1. The molecule has 4 aromatic rings. The molecule has 0 radical (unpaired) electrons. The van der Waals surface area contributed by atoms with E-state index in [1.807, 2.05) is 37.3 Å². The van der Waals surface area contributed by atoms with Gasteiger partial charge in [-0.05, 0) is 30.7 Å². The summed E-state index contributed by atoms with van der Waals surface area (Å²) in [6.45, 7) is 2.35. The monoisotopic (exact) mass is 390 g/mol. The first-order valence-corrected chi connectivity index (χ1v) is 8.96. The second-order valence-corrected chi connectivity index (χ2v) is 6.68. The molecule has 0 saturated heterocycles. The van der Waals surface area contributed by atoms with Crippen molar-refractivity contribution in [2.24, 2.45) is 5.73 Å². The van der Waals surface area contributed by atoms with Crippen LogP contribution in [0.4, 0.5) is 15.9 Å². The van der Waals surface area contributed by atoms with Crippen molar-refractivity contribution in [1.82, 2.24) is 14.5 Å². The van der Waals surface area contributed by atoms with E-state index in [0.717, 1.165) is 17.3 Å². The molecule has 29 heavy (non-hydrogen) atoms. The lowest BCUT2D eigenvalue weighted by Crippen LogP contribution is -2.12. The number of primary amides is 1. The molecule has 2 aromatic carbocycles. The van der Waals surface area contributed by atoms with Crippen molar-refractivity contribution in [2.75, 3.05) is 11.1 Å². The molecule has 7 nitrogen and oxygen atoms in total. The molecule has 0 saturated carbocycles. The number of nitrogens with zero attached hydrogens (tertiary/aromatic N) is 3. The summed E-state index contributed by atoms with van der Waals surface area (Å²) in [6, 6.07) is 14.0. The van der Waals surface area contributed by atoms with Gasteiger partial charge < -0.3 is 16.8 Å². The summed E-state index contributed by atoms with van der Waals surface area (Å²) in [5.74, 6) is -0.492. The molecular weight excluding hydrogens is 371 g/mol. The number of nitrogens with one attached hydrogen (secondary N) is 1. The minimum atomic E-state index is -0.699. The first-order valence-electron chi connectivity index (χ1n) is 8.96. The molecule has 0 fully saturated rings. The summed E-state index contributed by atoms with van der Waals surface area (Å²) in [7, 11) is 0. The number of nitrogens with two attached hydrogens (primary N) is 2. The van der Waals surface area contributed by atoms with Crippen LogP contribution in [0, 0.1) is 12.7 Å². The van der Waals surface area contributed by atoms with Crippen molar-refractivity contribution in [1.29, 1.82) is 0 Å². The minimum Gasteiger partial charge on any atom is -0.394 e. The van der Waals surface area contributed by atoms with Crippen molar-refractivity contribution < 1.29 is 9.18 Å². The maximum atomic E-state index is 14.1. The summed E-state index contributed by atoms with van der Waals surface area (Å²) in [5.41, 5.74) is 14.2. The van der Waals surface area contributed by atoms with Crippen LogP contribution in [-0.2, 0) is 6.54 Å². The fourth-order valence-corrected chi connectivity index (χ4v) is 3.29. The van der Waals surface area contributed by atoms with Gasteiger partial charge in [0.2, 0.25) is 11.9 Å². The first kappa shape index (κ1) is 18.4. The molecular formula is C21H19FN6O. The molecule has 2 heterocycles. The third-order valence-electron chi connectivity index (χ3n) is 4.64. The molecule has 2 aromatic heterocycles. The van der Waals surface area contributed by atoms with Crippen LogP contribution in [0.5, 0.6) is 0 Å². The summed E-state index contributed by atoms with van der Waals surface area (Å²) < 4.78 is 15.8. The molecule has 0 bridgehead atoms. The van der Waals surface area contributed by atoms with Gasteiger partial charge in [-0.2, -0.15) is 4.98 Å². The lowest BCUT2D eigenvalue weighted by Gasteiger charge is -2.12. The summed E-state index contributed by atoms with van der Waals surface area (Å²) >= 11 is 0. The van der Waals surface area contributed by atoms with Crippen LogP contribution in [0.2, 0.25) is 0 Å². The minimum absolute atomic E-state index is 0.111. The standard InChI is InChI=1S/C21H19FN6O/c1-12-7-15-16(19(24)29)8-14(22)9-18(15)28(12)21-26-11-17(23)20(27-21)25-10-13-5-3-2-4-6-13/h2-9,11H,10,23H2,1H3,(H2,24,29)(H,25,26,27). The van der Waals surface area contributed by atoms with Gasteiger partial charge in [-0.1, -0.05) is 30.3 Å². The van der Waals surface area contributed by atoms with E-state index in [9.17, 15) is 9.18 Å². The second-order valence-electron chi connectivity index (χ2n) is 6.68. The van der Waals surface area contributed by atoms with Crippen LogP contribution in [0.1, 0.15) is 21.6 Å². The molecule has 0 aliphatic carbocycles. The van der Waals surface area contributed by atoms with Crippen molar-refractivity contribution in [3.63, 3.8) is 0 Å². The molecule has 0 atom stereocenters. The average molecular weight is 390 g/mol. The van der Waals surface area contributed by atoms with Gasteiger partial charge in [0.1, 0.15) is 5.82 Å². The van der Waals surface area contributed by atoms with E-state index in [1.54, 1.807) is 10.6 Å².